The molecule has 21 heavy (non-hydrogen) atoms. The first-order valence-electron chi connectivity index (χ1n) is 7.32. The summed E-state index contributed by atoms with van der Waals surface area (Å²) in [7, 11) is 0. The Morgan fingerprint density at radius 1 is 1.29 bits per heavy atom. The molecule has 0 spiro atoms. The number of amides is 1. The summed E-state index contributed by atoms with van der Waals surface area (Å²) >= 11 is 0. The Hall–Kier alpha value is -2.04. The van der Waals surface area contributed by atoms with Crippen LogP contribution in [0.25, 0.3) is 0 Å². The molecule has 0 aliphatic heterocycles. The van der Waals surface area contributed by atoms with E-state index in [1.807, 2.05) is 45.0 Å². The Labute approximate surface area is 126 Å². The molecule has 0 aliphatic carbocycles. The highest BCUT2D eigenvalue weighted by Crippen LogP contribution is 2.16. The van der Waals surface area contributed by atoms with Gasteiger partial charge in [0.1, 0.15) is 5.54 Å². The zero-order chi connectivity index (χ0) is 15.9. The maximum Gasteiger partial charge on any atom is 0.221 e. The fourth-order valence-electron chi connectivity index (χ4n) is 2.29. The summed E-state index contributed by atoms with van der Waals surface area (Å²) in [6, 6.07) is 8.12. The topological polar surface area (TPSA) is 87.7 Å². The number of nitrogens with one attached hydrogen (secondary N) is 1. The lowest BCUT2D eigenvalue weighted by atomic mass is 9.91. The van der Waals surface area contributed by atoms with Gasteiger partial charge in [-0.3, -0.25) is 4.79 Å². The Morgan fingerprint density at radius 3 is 2.33 bits per heavy atom. The highest BCUT2D eigenvalue weighted by Gasteiger charge is 2.32. The molecule has 0 saturated carbocycles. The number of aryl methyl sites for hydroxylation is 2. The highest BCUT2D eigenvalue weighted by molar-refractivity contribution is 5.93. The molecule has 5 nitrogen and oxygen atoms in total. The minimum Gasteiger partial charge on any atom is -0.409 e. The quantitative estimate of drug-likeness (QED) is 0.312. The molecule has 0 fully saturated rings. The number of carbonyl (C=O) groups excluding carboxylic acids is 1. The predicted molar refractivity (Wildman–Crippen MR) is 84.4 cm³/mol. The van der Waals surface area contributed by atoms with Crippen molar-refractivity contribution in [3.63, 3.8) is 0 Å². The van der Waals surface area contributed by atoms with Crippen molar-refractivity contribution in [1.29, 1.82) is 0 Å². The Kier molecular flexibility index (Phi) is 6.21. The number of carbonyl (C=O) groups is 1. The van der Waals surface area contributed by atoms with E-state index in [-0.39, 0.29) is 11.7 Å². The van der Waals surface area contributed by atoms with Crippen LogP contribution in [0.3, 0.4) is 0 Å². The van der Waals surface area contributed by atoms with Crippen molar-refractivity contribution in [3.05, 3.63) is 35.4 Å². The van der Waals surface area contributed by atoms with Crippen molar-refractivity contribution in [2.75, 3.05) is 0 Å². The average molecular weight is 291 g/mol. The number of nitrogens with two attached hydrogens (primary N) is 1. The molecule has 1 rings (SSSR count). The average Bonchev–Trinajstić information content (AvgIpc) is 2.51. The van der Waals surface area contributed by atoms with Crippen LogP contribution in [-0.4, -0.2) is 22.5 Å². The Balaban J connectivity index is 2.64. The van der Waals surface area contributed by atoms with Gasteiger partial charge in [-0.05, 0) is 31.7 Å². The van der Waals surface area contributed by atoms with Crippen molar-refractivity contribution in [1.82, 2.24) is 5.32 Å². The molecule has 1 amide bonds. The minimum absolute atomic E-state index is 0.0520. The largest absolute Gasteiger partial charge is 0.409 e. The molecule has 0 saturated heterocycles. The molecule has 0 unspecified atom stereocenters. The molecule has 0 bridgehead atoms. The molecule has 1 aromatic rings. The summed E-state index contributed by atoms with van der Waals surface area (Å²) in [5.41, 5.74) is 7.29. The molecule has 1 aromatic carbocycles. The van der Waals surface area contributed by atoms with Gasteiger partial charge in [-0.15, -0.1) is 0 Å². The van der Waals surface area contributed by atoms with Gasteiger partial charge in [0, 0.05) is 6.42 Å². The fourth-order valence-corrected chi connectivity index (χ4v) is 2.29. The van der Waals surface area contributed by atoms with Crippen molar-refractivity contribution in [2.45, 2.75) is 52.0 Å². The van der Waals surface area contributed by atoms with E-state index in [1.54, 1.807) is 0 Å². The van der Waals surface area contributed by atoms with E-state index in [1.165, 1.54) is 5.56 Å². The predicted octanol–water partition coefficient (Wildman–Crippen LogP) is 2.35. The monoisotopic (exact) mass is 291 g/mol. The normalized spacial score (nSPS) is 12.2. The van der Waals surface area contributed by atoms with Crippen LogP contribution in [0.15, 0.2) is 29.4 Å². The van der Waals surface area contributed by atoms with E-state index in [0.717, 1.165) is 5.56 Å². The van der Waals surface area contributed by atoms with E-state index in [0.29, 0.717) is 25.7 Å². The lowest BCUT2D eigenvalue weighted by Gasteiger charge is -2.31. The molecule has 0 atom stereocenters. The van der Waals surface area contributed by atoms with Crippen molar-refractivity contribution in [2.24, 2.45) is 10.9 Å². The first kappa shape index (κ1) is 17.0. The van der Waals surface area contributed by atoms with Crippen molar-refractivity contribution < 1.29 is 10.0 Å². The van der Waals surface area contributed by atoms with Gasteiger partial charge in [0.15, 0.2) is 5.84 Å². The standard InChI is InChI=1S/C16H25N3O2/c1-4-16(5-2,15(17)19-21)18-14(20)11-10-13-8-6-12(3)7-9-13/h6-9,21H,4-5,10-11H2,1-3H3,(H2,17,19)(H,18,20). The van der Waals surface area contributed by atoms with Crippen LogP contribution < -0.4 is 11.1 Å². The maximum atomic E-state index is 12.1. The molecular formula is C16H25N3O2. The number of amidine groups is 1. The van der Waals surface area contributed by atoms with Gasteiger partial charge in [-0.2, -0.15) is 0 Å². The highest BCUT2D eigenvalue weighted by atomic mass is 16.4. The van der Waals surface area contributed by atoms with E-state index < -0.39 is 5.54 Å². The zero-order valence-electron chi connectivity index (χ0n) is 13.0. The van der Waals surface area contributed by atoms with Crippen LogP contribution in [0.4, 0.5) is 0 Å². The number of rotatable bonds is 7. The number of hydrogen-bond donors (Lipinski definition) is 3. The molecule has 0 aromatic heterocycles. The summed E-state index contributed by atoms with van der Waals surface area (Å²) in [5, 5.41) is 14.9. The fraction of sp³-hybridized carbons (Fsp3) is 0.500. The second-order valence-electron chi connectivity index (χ2n) is 5.31. The molecule has 0 heterocycles. The van der Waals surface area contributed by atoms with Crippen molar-refractivity contribution >= 4 is 11.7 Å². The van der Waals surface area contributed by atoms with E-state index in [4.69, 9.17) is 10.9 Å². The summed E-state index contributed by atoms with van der Waals surface area (Å²) in [4.78, 5) is 12.1. The first-order valence-corrected chi connectivity index (χ1v) is 7.32. The minimum atomic E-state index is -0.765. The summed E-state index contributed by atoms with van der Waals surface area (Å²) in [5.74, 6) is -0.0398. The zero-order valence-corrected chi connectivity index (χ0v) is 13.0. The van der Waals surface area contributed by atoms with Gasteiger partial charge in [-0.1, -0.05) is 48.8 Å². The van der Waals surface area contributed by atoms with E-state index in [2.05, 4.69) is 10.5 Å². The molecule has 0 aliphatic rings. The third-order valence-corrected chi connectivity index (χ3v) is 3.95. The smallest absolute Gasteiger partial charge is 0.221 e. The number of oxime groups is 1. The van der Waals surface area contributed by atoms with Gasteiger partial charge in [0.25, 0.3) is 0 Å². The Bertz CT molecular complexity index is 491. The second kappa shape index (κ2) is 7.67. The third-order valence-electron chi connectivity index (χ3n) is 3.95. The van der Waals surface area contributed by atoms with E-state index >= 15 is 0 Å². The van der Waals surface area contributed by atoms with Crippen LogP contribution in [0.5, 0.6) is 0 Å². The molecule has 0 radical (unpaired) electrons. The van der Waals surface area contributed by atoms with Crippen LogP contribution >= 0.6 is 0 Å². The van der Waals surface area contributed by atoms with Gasteiger partial charge < -0.3 is 16.3 Å². The molecule has 5 heteroatoms. The number of nitrogens with zero attached hydrogens (tertiary/aromatic N) is 1. The van der Waals surface area contributed by atoms with Crippen LogP contribution in [0.1, 0.15) is 44.2 Å². The number of hydrogen-bond acceptors (Lipinski definition) is 3. The van der Waals surface area contributed by atoms with Gasteiger partial charge in [0.2, 0.25) is 5.91 Å². The van der Waals surface area contributed by atoms with Gasteiger partial charge >= 0.3 is 0 Å². The maximum absolute atomic E-state index is 12.1. The first-order chi connectivity index (χ1) is 9.97. The molecule has 116 valence electrons. The summed E-state index contributed by atoms with van der Waals surface area (Å²) in [6.45, 7) is 5.84. The number of benzene rings is 1. The molecule has 4 N–H and O–H groups in total. The summed E-state index contributed by atoms with van der Waals surface area (Å²) in [6.07, 6.45) is 2.21. The third kappa shape index (κ3) is 4.48. The van der Waals surface area contributed by atoms with Crippen LogP contribution in [0, 0.1) is 6.92 Å². The van der Waals surface area contributed by atoms with Crippen LogP contribution in [0.2, 0.25) is 0 Å². The SMILES string of the molecule is CCC(CC)(NC(=O)CCc1ccc(C)cc1)C(N)=NO. The van der Waals surface area contributed by atoms with Gasteiger partial charge in [0.05, 0.1) is 0 Å². The van der Waals surface area contributed by atoms with E-state index in [9.17, 15) is 4.79 Å². The lowest BCUT2D eigenvalue weighted by Crippen LogP contribution is -2.56. The van der Waals surface area contributed by atoms with Crippen LogP contribution in [-0.2, 0) is 11.2 Å². The van der Waals surface area contributed by atoms with Gasteiger partial charge in [-0.25, -0.2) is 0 Å². The summed E-state index contributed by atoms with van der Waals surface area (Å²) < 4.78 is 0. The van der Waals surface area contributed by atoms with Crippen molar-refractivity contribution in [3.8, 4) is 0 Å². The Morgan fingerprint density at radius 2 is 1.86 bits per heavy atom. The second-order valence-corrected chi connectivity index (χ2v) is 5.31. The lowest BCUT2D eigenvalue weighted by molar-refractivity contribution is -0.122. The molecular weight excluding hydrogens is 266 g/mol.